The van der Waals surface area contributed by atoms with E-state index in [0.29, 0.717) is 6.61 Å². The van der Waals surface area contributed by atoms with E-state index in [0.717, 1.165) is 6.42 Å². The van der Waals surface area contributed by atoms with Crippen molar-refractivity contribution in [2.75, 3.05) is 13.7 Å². The van der Waals surface area contributed by atoms with Crippen LogP contribution in [-0.2, 0) is 4.84 Å². The topological polar surface area (TPSA) is 59.3 Å². The summed E-state index contributed by atoms with van der Waals surface area (Å²) in [6.07, 6.45) is 0.722. The van der Waals surface area contributed by atoms with E-state index in [1.807, 2.05) is 6.92 Å². The highest BCUT2D eigenvalue weighted by molar-refractivity contribution is 4.39. The molecule has 4 nitrogen and oxygen atoms in total. The van der Waals surface area contributed by atoms with Crippen molar-refractivity contribution in [2.24, 2.45) is 5.73 Å². The lowest BCUT2D eigenvalue weighted by Gasteiger charge is -2.10. The normalized spacial score (nSPS) is 13.7. The molecule has 4 N–H and O–H groups in total. The lowest BCUT2D eigenvalue weighted by molar-refractivity contribution is 0.0114. The summed E-state index contributed by atoms with van der Waals surface area (Å²) in [5.74, 6) is 0. The lowest BCUT2D eigenvalue weighted by atomic mass is 10.5. The van der Waals surface area contributed by atoms with E-state index in [4.69, 9.17) is 10.6 Å². The molecular weight excluding hydrogens is 118 g/mol. The van der Waals surface area contributed by atoms with Crippen molar-refractivity contribution in [1.29, 1.82) is 0 Å². The van der Waals surface area contributed by atoms with Gasteiger partial charge in [-0.25, -0.2) is 0 Å². The molecule has 1 atom stereocenters. The minimum absolute atomic E-state index is 0.267. The Bertz CT molecular complexity index is 60.2. The van der Waals surface area contributed by atoms with E-state index >= 15 is 0 Å². The Balaban J connectivity index is 2.88. The molecule has 4 heteroatoms. The first-order valence-electron chi connectivity index (χ1n) is 3.11. The molecule has 0 bridgehead atoms. The van der Waals surface area contributed by atoms with Gasteiger partial charge in [-0.05, 0) is 13.5 Å². The van der Waals surface area contributed by atoms with Gasteiger partial charge in [0.1, 0.15) is 6.29 Å². The van der Waals surface area contributed by atoms with Crippen LogP contribution in [0, 0.1) is 0 Å². The van der Waals surface area contributed by atoms with Crippen LogP contribution in [0.5, 0.6) is 0 Å². The Hall–Kier alpha value is -0.160. The second-order valence-corrected chi connectivity index (χ2v) is 1.73. The molecule has 56 valence electrons. The first-order chi connectivity index (χ1) is 4.31. The Morgan fingerprint density at radius 3 is 2.78 bits per heavy atom. The third-order valence-corrected chi connectivity index (χ3v) is 0.827. The predicted octanol–water partition coefficient (Wildman–Crippen LogP) is -0.621. The van der Waals surface area contributed by atoms with Crippen LogP contribution in [0.25, 0.3) is 0 Å². The van der Waals surface area contributed by atoms with Crippen LogP contribution in [0.1, 0.15) is 13.3 Å². The van der Waals surface area contributed by atoms with Crippen molar-refractivity contribution in [2.45, 2.75) is 19.6 Å². The highest BCUT2D eigenvalue weighted by Gasteiger charge is 1.92. The fourth-order valence-corrected chi connectivity index (χ4v) is 0.310. The predicted molar refractivity (Wildman–Crippen MR) is 36.4 cm³/mol. The minimum Gasteiger partial charge on any atom is -0.302 e. The maximum absolute atomic E-state index is 5.37. The number of hydrogen-bond acceptors (Lipinski definition) is 4. The van der Waals surface area contributed by atoms with Crippen molar-refractivity contribution in [3.63, 3.8) is 0 Å². The van der Waals surface area contributed by atoms with Crippen molar-refractivity contribution >= 4 is 0 Å². The quantitative estimate of drug-likeness (QED) is 0.266. The number of hydrogen-bond donors (Lipinski definition) is 3. The van der Waals surface area contributed by atoms with Gasteiger partial charge in [0.25, 0.3) is 0 Å². The molecule has 9 heavy (non-hydrogen) atoms. The van der Waals surface area contributed by atoms with Gasteiger partial charge >= 0.3 is 0 Å². The van der Waals surface area contributed by atoms with E-state index in [2.05, 4.69) is 10.8 Å². The molecule has 0 aliphatic heterocycles. The molecular formula is C5H15N3O. The van der Waals surface area contributed by atoms with Crippen molar-refractivity contribution < 1.29 is 4.84 Å². The molecule has 1 unspecified atom stereocenters. The number of nitrogens with two attached hydrogens (primary N) is 1. The monoisotopic (exact) mass is 133 g/mol. The summed E-state index contributed by atoms with van der Waals surface area (Å²) >= 11 is 0. The maximum Gasteiger partial charge on any atom is 0.131 e. The van der Waals surface area contributed by atoms with Crippen LogP contribution in [-0.4, -0.2) is 19.9 Å². The zero-order valence-corrected chi connectivity index (χ0v) is 5.98. The fourth-order valence-electron chi connectivity index (χ4n) is 0.310. The van der Waals surface area contributed by atoms with Crippen LogP contribution in [0.15, 0.2) is 0 Å². The molecule has 0 amide bonds. The van der Waals surface area contributed by atoms with E-state index in [9.17, 15) is 0 Å². The van der Waals surface area contributed by atoms with Crippen LogP contribution in [0.4, 0.5) is 0 Å². The standard InChI is InChI=1S/C5H15N3O/c1-3-4-9-8-5(6)7-2/h5,7-8H,3-4,6H2,1-2H3. The van der Waals surface area contributed by atoms with Gasteiger partial charge in [0, 0.05) is 0 Å². The molecule has 0 rings (SSSR count). The average Bonchev–Trinajstić information content (AvgIpc) is 1.89. The summed E-state index contributed by atoms with van der Waals surface area (Å²) in [5, 5.41) is 2.77. The average molecular weight is 133 g/mol. The zero-order valence-electron chi connectivity index (χ0n) is 5.98. The Morgan fingerprint density at radius 2 is 2.33 bits per heavy atom. The van der Waals surface area contributed by atoms with Gasteiger partial charge in [0.05, 0.1) is 6.61 Å². The summed E-state index contributed by atoms with van der Waals surface area (Å²) in [4.78, 5) is 4.90. The Morgan fingerprint density at radius 1 is 1.67 bits per heavy atom. The van der Waals surface area contributed by atoms with E-state index in [1.165, 1.54) is 0 Å². The highest BCUT2D eigenvalue weighted by Crippen LogP contribution is 1.73. The maximum atomic E-state index is 5.37. The summed E-state index contributed by atoms with van der Waals surface area (Å²) in [6, 6.07) is 0. The molecule has 0 fully saturated rings. The SMILES string of the molecule is CCCONC(N)NC. The van der Waals surface area contributed by atoms with Gasteiger partial charge < -0.3 is 5.73 Å². The van der Waals surface area contributed by atoms with Crippen molar-refractivity contribution in [3.05, 3.63) is 0 Å². The van der Waals surface area contributed by atoms with E-state index < -0.39 is 0 Å². The third kappa shape index (κ3) is 5.72. The molecule has 0 aromatic heterocycles. The van der Waals surface area contributed by atoms with Gasteiger partial charge in [0.2, 0.25) is 0 Å². The van der Waals surface area contributed by atoms with Gasteiger partial charge in [-0.1, -0.05) is 6.92 Å². The number of hydroxylamine groups is 1. The molecule has 0 aromatic rings. The minimum atomic E-state index is -0.267. The molecule has 0 aromatic carbocycles. The van der Waals surface area contributed by atoms with Gasteiger partial charge in [-0.2, -0.15) is 5.48 Å². The second kappa shape index (κ2) is 5.97. The van der Waals surface area contributed by atoms with Gasteiger partial charge in [0.15, 0.2) is 0 Å². The molecule has 0 spiro atoms. The highest BCUT2D eigenvalue weighted by atomic mass is 16.6. The van der Waals surface area contributed by atoms with Crippen molar-refractivity contribution in [3.8, 4) is 0 Å². The zero-order chi connectivity index (χ0) is 7.11. The van der Waals surface area contributed by atoms with Gasteiger partial charge in [-0.15, -0.1) is 0 Å². The van der Waals surface area contributed by atoms with Crippen LogP contribution < -0.4 is 16.5 Å². The van der Waals surface area contributed by atoms with Crippen LogP contribution >= 0.6 is 0 Å². The second-order valence-electron chi connectivity index (χ2n) is 1.73. The summed E-state index contributed by atoms with van der Waals surface area (Å²) in [6.45, 7) is 2.72. The summed E-state index contributed by atoms with van der Waals surface area (Å²) in [7, 11) is 1.76. The first kappa shape index (κ1) is 8.84. The summed E-state index contributed by atoms with van der Waals surface area (Å²) in [5.41, 5.74) is 7.97. The molecule has 0 radical (unpaired) electrons. The number of rotatable bonds is 5. The number of nitrogens with one attached hydrogen (secondary N) is 2. The molecule has 0 saturated carbocycles. The lowest BCUT2D eigenvalue weighted by Crippen LogP contribution is -2.47. The Labute approximate surface area is 55.7 Å². The molecule has 0 aliphatic rings. The van der Waals surface area contributed by atoms with Gasteiger partial charge in [-0.3, -0.25) is 10.2 Å². The van der Waals surface area contributed by atoms with E-state index in [1.54, 1.807) is 7.05 Å². The third-order valence-electron chi connectivity index (χ3n) is 0.827. The Kier molecular flexibility index (Phi) is 5.86. The van der Waals surface area contributed by atoms with E-state index in [-0.39, 0.29) is 6.29 Å². The molecule has 0 aliphatic carbocycles. The van der Waals surface area contributed by atoms with Crippen LogP contribution in [0.3, 0.4) is 0 Å². The van der Waals surface area contributed by atoms with Crippen LogP contribution in [0.2, 0.25) is 0 Å². The first-order valence-corrected chi connectivity index (χ1v) is 3.11. The summed E-state index contributed by atoms with van der Waals surface area (Å²) < 4.78 is 0. The van der Waals surface area contributed by atoms with Crippen molar-refractivity contribution in [1.82, 2.24) is 10.8 Å². The smallest absolute Gasteiger partial charge is 0.131 e. The molecule has 0 heterocycles. The largest absolute Gasteiger partial charge is 0.302 e. The molecule has 0 saturated heterocycles. The fraction of sp³-hybridized carbons (Fsp3) is 1.00.